The molecule has 0 aliphatic heterocycles. The van der Waals surface area contributed by atoms with Gasteiger partial charge in [0.1, 0.15) is 12.6 Å². The zero-order valence-corrected chi connectivity index (χ0v) is 34.4. The molecular weight excluding hydrogens is 666 g/mol. The van der Waals surface area contributed by atoms with E-state index >= 15 is 0 Å². The molecule has 0 aromatic carbocycles. The van der Waals surface area contributed by atoms with E-state index in [-0.39, 0.29) is 43.1 Å². The Kier molecular flexibility index (Phi) is 34.0. The Morgan fingerprint density at radius 2 is 1.06 bits per heavy atom. The van der Waals surface area contributed by atoms with Crippen molar-refractivity contribution in [3.05, 3.63) is 60.8 Å². The lowest BCUT2D eigenvalue weighted by atomic mass is 10.0. The lowest BCUT2D eigenvalue weighted by Crippen LogP contribution is -2.55. The maximum atomic E-state index is 12.6. The molecule has 8 nitrogen and oxygen atoms in total. The molecule has 0 aromatic heterocycles. The topological polar surface area (TPSA) is 102 Å². The van der Waals surface area contributed by atoms with Gasteiger partial charge >= 0.3 is 11.9 Å². The number of nitrogens with zero attached hydrogens (tertiary/aromatic N) is 1. The number of esters is 2. The van der Waals surface area contributed by atoms with Gasteiger partial charge in [-0.05, 0) is 44.9 Å². The summed E-state index contributed by atoms with van der Waals surface area (Å²) >= 11 is 0. The number of likely N-dealkylation sites (N-methyl/N-ethyl adjacent to an activating group) is 1. The lowest BCUT2D eigenvalue weighted by Gasteiger charge is -2.34. The summed E-state index contributed by atoms with van der Waals surface area (Å²) in [6.45, 7) is 4.45. The monoisotopic (exact) mass is 744 g/mol. The van der Waals surface area contributed by atoms with E-state index in [1.165, 1.54) is 64.2 Å². The molecular formula is C45H77NO7. The van der Waals surface area contributed by atoms with Gasteiger partial charge in [0.25, 0.3) is 0 Å². The Morgan fingerprint density at radius 1 is 0.585 bits per heavy atom. The highest BCUT2D eigenvalue weighted by atomic mass is 16.6. The highest BCUT2D eigenvalue weighted by Crippen LogP contribution is 2.14. The van der Waals surface area contributed by atoms with E-state index in [1.54, 1.807) is 21.1 Å². The van der Waals surface area contributed by atoms with E-state index in [2.05, 4.69) is 62.5 Å². The number of carbonyl (C=O) groups excluding carboxylic acids is 3. The minimum atomic E-state index is -1.14. The fraction of sp³-hybridized carbons (Fsp3) is 0.711. The van der Waals surface area contributed by atoms with Crippen molar-refractivity contribution < 1.29 is 38.2 Å². The van der Waals surface area contributed by atoms with Crippen molar-refractivity contribution in [1.82, 2.24) is 0 Å². The largest absolute Gasteiger partial charge is 0.544 e. The smallest absolute Gasteiger partial charge is 0.306 e. The molecule has 304 valence electrons. The second kappa shape index (κ2) is 36.0. The van der Waals surface area contributed by atoms with Crippen molar-refractivity contribution >= 4 is 17.9 Å². The highest BCUT2D eigenvalue weighted by Gasteiger charge is 2.25. The summed E-state index contributed by atoms with van der Waals surface area (Å²) < 4.78 is 17.0. The molecule has 0 heterocycles. The lowest BCUT2D eigenvalue weighted by molar-refractivity contribution is -0.889. The van der Waals surface area contributed by atoms with Gasteiger partial charge in [-0.15, -0.1) is 0 Å². The highest BCUT2D eigenvalue weighted by molar-refractivity contribution is 5.70. The SMILES string of the molecule is CC/C=C/C/C=C/C/C=C/C/C=C/C/C=C/CCC(=O)OC(COCCC(C(=O)[O-])[N+](C)(C)C)COC(=O)CCCCCCCCCCCCCCC. The predicted octanol–water partition coefficient (Wildman–Crippen LogP) is 9.69. The van der Waals surface area contributed by atoms with Crippen LogP contribution < -0.4 is 5.11 Å². The van der Waals surface area contributed by atoms with E-state index < -0.39 is 24.1 Å². The molecule has 0 saturated carbocycles. The minimum Gasteiger partial charge on any atom is -0.544 e. The van der Waals surface area contributed by atoms with E-state index in [4.69, 9.17) is 14.2 Å². The molecule has 0 spiro atoms. The third-order valence-electron chi connectivity index (χ3n) is 8.93. The van der Waals surface area contributed by atoms with E-state index in [9.17, 15) is 19.5 Å². The van der Waals surface area contributed by atoms with Crippen LogP contribution in [0.3, 0.4) is 0 Å². The molecule has 0 rings (SSSR count). The molecule has 53 heavy (non-hydrogen) atoms. The number of aliphatic carboxylic acids is 1. The molecule has 0 amide bonds. The van der Waals surface area contributed by atoms with Crippen molar-refractivity contribution in [2.75, 3.05) is 41.0 Å². The third-order valence-corrected chi connectivity index (χ3v) is 8.93. The average Bonchev–Trinajstić information content (AvgIpc) is 3.11. The van der Waals surface area contributed by atoms with Crippen molar-refractivity contribution in [1.29, 1.82) is 0 Å². The van der Waals surface area contributed by atoms with Gasteiger partial charge in [-0.2, -0.15) is 0 Å². The molecule has 0 aliphatic rings. The first-order chi connectivity index (χ1) is 25.6. The Balaban J connectivity index is 4.51. The Labute approximate surface area is 324 Å². The summed E-state index contributed by atoms with van der Waals surface area (Å²) in [6.07, 6.45) is 42.6. The Hall–Kier alpha value is -2.97. The van der Waals surface area contributed by atoms with Gasteiger partial charge in [0, 0.05) is 19.3 Å². The van der Waals surface area contributed by atoms with Crippen LogP contribution in [0.15, 0.2) is 60.8 Å². The van der Waals surface area contributed by atoms with Gasteiger partial charge in [0.2, 0.25) is 0 Å². The van der Waals surface area contributed by atoms with Crippen LogP contribution in [0.4, 0.5) is 0 Å². The number of quaternary nitrogens is 1. The zero-order valence-electron chi connectivity index (χ0n) is 34.4. The first kappa shape index (κ1) is 50.0. The van der Waals surface area contributed by atoms with Gasteiger partial charge in [-0.3, -0.25) is 9.59 Å². The van der Waals surface area contributed by atoms with Gasteiger partial charge in [0.15, 0.2) is 6.10 Å². The summed E-state index contributed by atoms with van der Waals surface area (Å²) in [4.78, 5) is 36.7. The molecule has 0 bridgehead atoms. The van der Waals surface area contributed by atoms with E-state index in [0.29, 0.717) is 12.8 Å². The number of carboxylic acids is 1. The van der Waals surface area contributed by atoms with Gasteiger partial charge in [-0.1, -0.05) is 152 Å². The number of carbonyl (C=O) groups is 3. The zero-order chi connectivity index (χ0) is 39.3. The van der Waals surface area contributed by atoms with Gasteiger partial charge < -0.3 is 28.6 Å². The molecule has 2 atom stereocenters. The Bertz CT molecular complexity index is 1050. The van der Waals surface area contributed by atoms with Crippen molar-refractivity contribution in [2.45, 2.75) is 167 Å². The van der Waals surface area contributed by atoms with Crippen LogP contribution in [0.25, 0.3) is 0 Å². The summed E-state index contributed by atoms with van der Waals surface area (Å²) in [6, 6.07) is -0.738. The summed E-state index contributed by atoms with van der Waals surface area (Å²) in [5.74, 6) is -1.85. The molecule has 0 aliphatic carbocycles. The minimum absolute atomic E-state index is 0.0103. The summed E-state index contributed by atoms with van der Waals surface area (Å²) in [5, 5.41) is 11.6. The predicted molar refractivity (Wildman–Crippen MR) is 217 cm³/mol. The van der Waals surface area contributed by atoms with Crippen LogP contribution in [0.2, 0.25) is 0 Å². The molecule has 8 heteroatoms. The number of ether oxygens (including phenoxy) is 3. The van der Waals surface area contributed by atoms with E-state index in [1.807, 2.05) is 12.2 Å². The number of rotatable bonds is 36. The number of hydrogen-bond donors (Lipinski definition) is 0. The average molecular weight is 744 g/mol. The van der Waals surface area contributed by atoms with Crippen LogP contribution in [0, 0.1) is 0 Å². The first-order valence-electron chi connectivity index (χ1n) is 20.8. The summed E-state index contributed by atoms with van der Waals surface area (Å²) in [5.41, 5.74) is 0. The van der Waals surface area contributed by atoms with Crippen LogP contribution in [-0.2, 0) is 28.6 Å². The van der Waals surface area contributed by atoms with Gasteiger partial charge in [-0.25, -0.2) is 0 Å². The molecule has 0 saturated heterocycles. The molecule has 0 N–H and O–H groups in total. The molecule has 2 unspecified atom stereocenters. The molecule has 0 fully saturated rings. The Morgan fingerprint density at radius 3 is 1.53 bits per heavy atom. The second-order valence-electron chi connectivity index (χ2n) is 14.8. The van der Waals surface area contributed by atoms with Crippen LogP contribution in [0.5, 0.6) is 0 Å². The molecule has 0 aromatic rings. The van der Waals surface area contributed by atoms with Crippen LogP contribution in [-0.4, -0.2) is 75.5 Å². The summed E-state index contributed by atoms with van der Waals surface area (Å²) in [7, 11) is 5.37. The maximum absolute atomic E-state index is 12.6. The number of hydrogen-bond acceptors (Lipinski definition) is 7. The van der Waals surface area contributed by atoms with Crippen molar-refractivity contribution in [3.63, 3.8) is 0 Å². The van der Waals surface area contributed by atoms with Crippen molar-refractivity contribution in [2.24, 2.45) is 0 Å². The number of allylic oxidation sites excluding steroid dienone is 10. The standard InChI is InChI=1S/C45H77NO7/c1-6-8-10-12-14-16-18-20-21-22-24-26-28-30-32-34-36-44(48)53-41(39-51-38-37-42(45(49)50)46(3,4)5)40-52-43(47)35-33-31-29-27-25-23-19-17-15-13-11-9-7-2/h8,10,14,16,20-21,24,26,30,32,41-42H,6-7,9,11-13,15,17-19,22-23,25,27-29,31,33-40H2,1-5H3/b10-8+,16-14+,21-20+,26-24+,32-30+. The number of carboxylic acid groups (broad SMARTS) is 1. The molecule has 0 radical (unpaired) electrons. The maximum Gasteiger partial charge on any atom is 0.306 e. The normalized spacial score (nSPS) is 13.6. The second-order valence-corrected chi connectivity index (χ2v) is 14.8. The van der Waals surface area contributed by atoms with Crippen molar-refractivity contribution in [3.8, 4) is 0 Å². The first-order valence-corrected chi connectivity index (χ1v) is 20.8. The third kappa shape index (κ3) is 34.5. The quantitative estimate of drug-likeness (QED) is 0.0273. The van der Waals surface area contributed by atoms with Crippen LogP contribution in [0.1, 0.15) is 155 Å². The van der Waals surface area contributed by atoms with Gasteiger partial charge in [0.05, 0.1) is 40.3 Å². The van der Waals surface area contributed by atoms with Crippen LogP contribution >= 0.6 is 0 Å². The number of unbranched alkanes of at least 4 members (excludes halogenated alkanes) is 12. The van der Waals surface area contributed by atoms with E-state index in [0.717, 1.165) is 51.4 Å². The fourth-order valence-electron chi connectivity index (χ4n) is 5.71. The fourth-order valence-corrected chi connectivity index (χ4v) is 5.71.